The van der Waals surface area contributed by atoms with Gasteiger partial charge in [-0.05, 0) is 30.5 Å². The molecule has 0 fully saturated rings. The van der Waals surface area contributed by atoms with Gasteiger partial charge in [0.2, 0.25) is 0 Å². The first kappa shape index (κ1) is 12.2. The molecule has 0 bridgehead atoms. The Bertz CT molecular complexity index is 539. The quantitative estimate of drug-likeness (QED) is 0.493. The molecular formula is C13H15N3O2. The summed E-state index contributed by atoms with van der Waals surface area (Å²) >= 11 is 0. The monoisotopic (exact) mass is 245 g/mol. The van der Waals surface area contributed by atoms with E-state index in [4.69, 9.17) is 10.5 Å². The van der Waals surface area contributed by atoms with Crippen molar-refractivity contribution in [1.82, 2.24) is 10.2 Å². The van der Waals surface area contributed by atoms with Crippen molar-refractivity contribution in [1.29, 1.82) is 0 Å². The van der Waals surface area contributed by atoms with Gasteiger partial charge in [0, 0.05) is 18.0 Å². The molecule has 0 aliphatic rings. The Morgan fingerprint density at radius 3 is 2.83 bits per heavy atom. The van der Waals surface area contributed by atoms with E-state index in [9.17, 15) is 4.79 Å². The summed E-state index contributed by atoms with van der Waals surface area (Å²) in [5.41, 5.74) is 9.05. The van der Waals surface area contributed by atoms with Crippen molar-refractivity contribution in [2.45, 2.75) is 20.3 Å². The molecule has 0 spiro atoms. The van der Waals surface area contributed by atoms with Crippen molar-refractivity contribution >= 4 is 11.7 Å². The van der Waals surface area contributed by atoms with Gasteiger partial charge in [0.25, 0.3) is 0 Å². The number of nitrogens with two attached hydrogens (primary N) is 1. The molecule has 0 saturated heterocycles. The highest BCUT2D eigenvalue weighted by molar-refractivity contribution is 5.90. The summed E-state index contributed by atoms with van der Waals surface area (Å²) in [6.45, 7) is 3.99. The topological polar surface area (TPSA) is 81.0 Å². The number of nitrogens with one attached hydrogen (secondary N) is 1. The van der Waals surface area contributed by atoms with Crippen molar-refractivity contribution < 1.29 is 9.53 Å². The van der Waals surface area contributed by atoms with Crippen LogP contribution in [0.1, 0.15) is 28.4 Å². The van der Waals surface area contributed by atoms with Crippen molar-refractivity contribution in [2.75, 3.05) is 5.73 Å². The molecule has 0 unspecified atom stereocenters. The van der Waals surface area contributed by atoms with Crippen LogP contribution in [0, 0.1) is 6.92 Å². The third-order valence-corrected chi connectivity index (χ3v) is 2.78. The molecule has 0 radical (unpaired) electrons. The number of aromatic nitrogens is 2. The zero-order chi connectivity index (χ0) is 13.1. The number of H-pyrrole nitrogens is 1. The Labute approximate surface area is 105 Å². The van der Waals surface area contributed by atoms with Gasteiger partial charge in [-0.3, -0.25) is 5.10 Å². The van der Waals surface area contributed by atoms with E-state index in [1.54, 1.807) is 6.07 Å². The van der Waals surface area contributed by atoms with Crippen LogP contribution in [0.5, 0.6) is 5.75 Å². The number of hydrogen-bond acceptors (Lipinski definition) is 4. The van der Waals surface area contributed by atoms with Crippen LogP contribution in [-0.2, 0) is 6.42 Å². The molecule has 1 aromatic carbocycles. The van der Waals surface area contributed by atoms with E-state index < -0.39 is 5.97 Å². The molecule has 5 heteroatoms. The van der Waals surface area contributed by atoms with Crippen molar-refractivity contribution in [3.63, 3.8) is 0 Å². The SMILES string of the molecule is CCc1c(C)cc(OC(=O)c2cn[nH]c2)cc1N. The van der Waals surface area contributed by atoms with Crippen LogP contribution in [0.2, 0.25) is 0 Å². The number of anilines is 1. The molecule has 0 aliphatic heterocycles. The Kier molecular flexibility index (Phi) is 3.32. The van der Waals surface area contributed by atoms with Crippen LogP contribution >= 0.6 is 0 Å². The number of esters is 1. The van der Waals surface area contributed by atoms with E-state index in [0.29, 0.717) is 17.0 Å². The van der Waals surface area contributed by atoms with Crippen LogP contribution < -0.4 is 10.5 Å². The summed E-state index contributed by atoms with van der Waals surface area (Å²) in [6.07, 6.45) is 3.76. The molecule has 5 nitrogen and oxygen atoms in total. The number of nitrogens with zero attached hydrogens (tertiary/aromatic N) is 1. The molecule has 0 saturated carbocycles. The summed E-state index contributed by atoms with van der Waals surface area (Å²) in [6, 6.07) is 3.48. The molecule has 0 aliphatic carbocycles. The minimum atomic E-state index is -0.452. The van der Waals surface area contributed by atoms with Crippen LogP contribution in [0.25, 0.3) is 0 Å². The molecule has 0 atom stereocenters. The number of carbonyl (C=O) groups excluding carboxylic acids is 1. The molecule has 1 aromatic heterocycles. The zero-order valence-electron chi connectivity index (χ0n) is 10.4. The van der Waals surface area contributed by atoms with Gasteiger partial charge in [-0.1, -0.05) is 6.92 Å². The third-order valence-electron chi connectivity index (χ3n) is 2.78. The highest BCUT2D eigenvalue weighted by atomic mass is 16.5. The summed E-state index contributed by atoms with van der Waals surface area (Å²) < 4.78 is 5.24. The number of aryl methyl sites for hydroxylation is 1. The molecule has 0 amide bonds. The third kappa shape index (κ3) is 2.34. The zero-order valence-corrected chi connectivity index (χ0v) is 10.4. The summed E-state index contributed by atoms with van der Waals surface area (Å²) in [5, 5.41) is 6.26. The summed E-state index contributed by atoms with van der Waals surface area (Å²) in [5.74, 6) is 0.000184. The van der Waals surface area contributed by atoms with E-state index >= 15 is 0 Å². The minimum absolute atomic E-state index is 0.380. The molecular weight excluding hydrogens is 230 g/mol. The highest BCUT2D eigenvalue weighted by Gasteiger charge is 2.11. The number of ether oxygens (including phenoxy) is 1. The molecule has 3 N–H and O–H groups in total. The van der Waals surface area contributed by atoms with Gasteiger partial charge in [-0.25, -0.2) is 4.79 Å². The second kappa shape index (κ2) is 4.91. The van der Waals surface area contributed by atoms with Crippen LogP contribution in [0.15, 0.2) is 24.5 Å². The standard InChI is InChI=1S/C13H15N3O2/c1-3-11-8(2)4-10(5-12(11)14)18-13(17)9-6-15-16-7-9/h4-7H,3,14H2,1-2H3,(H,15,16). The lowest BCUT2D eigenvalue weighted by Gasteiger charge is -2.10. The first-order valence-corrected chi connectivity index (χ1v) is 5.71. The summed E-state index contributed by atoms with van der Waals surface area (Å²) in [4.78, 5) is 11.7. The van der Waals surface area contributed by atoms with Gasteiger partial charge in [-0.15, -0.1) is 0 Å². The lowest BCUT2D eigenvalue weighted by atomic mass is 10.0. The van der Waals surface area contributed by atoms with E-state index in [1.807, 2.05) is 19.9 Å². The lowest BCUT2D eigenvalue weighted by molar-refractivity contribution is 0.0735. The predicted molar refractivity (Wildman–Crippen MR) is 68.5 cm³/mol. The Morgan fingerprint density at radius 1 is 1.50 bits per heavy atom. The average molecular weight is 245 g/mol. The number of carbonyl (C=O) groups is 1. The highest BCUT2D eigenvalue weighted by Crippen LogP contribution is 2.25. The molecule has 2 rings (SSSR count). The Hall–Kier alpha value is -2.30. The Balaban J connectivity index is 2.23. The van der Waals surface area contributed by atoms with Gasteiger partial charge in [0.1, 0.15) is 5.75 Å². The number of hydrogen-bond donors (Lipinski definition) is 2. The Morgan fingerprint density at radius 2 is 2.28 bits per heavy atom. The first-order chi connectivity index (χ1) is 8.61. The maximum atomic E-state index is 11.7. The van der Waals surface area contributed by atoms with Gasteiger partial charge in [-0.2, -0.15) is 5.10 Å². The van der Waals surface area contributed by atoms with Crippen LogP contribution in [0.4, 0.5) is 5.69 Å². The normalized spacial score (nSPS) is 10.3. The van der Waals surface area contributed by atoms with E-state index in [1.165, 1.54) is 12.4 Å². The maximum Gasteiger partial charge on any atom is 0.346 e. The van der Waals surface area contributed by atoms with Crippen molar-refractivity contribution in [2.24, 2.45) is 0 Å². The van der Waals surface area contributed by atoms with Crippen LogP contribution in [-0.4, -0.2) is 16.2 Å². The molecule has 94 valence electrons. The van der Waals surface area contributed by atoms with Crippen molar-refractivity contribution in [3.05, 3.63) is 41.2 Å². The van der Waals surface area contributed by atoms with E-state index in [2.05, 4.69) is 10.2 Å². The summed E-state index contributed by atoms with van der Waals surface area (Å²) in [7, 11) is 0. The fourth-order valence-corrected chi connectivity index (χ4v) is 1.88. The van der Waals surface area contributed by atoms with Gasteiger partial charge >= 0.3 is 5.97 Å². The number of rotatable bonds is 3. The predicted octanol–water partition coefficient (Wildman–Crippen LogP) is 2.08. The maximum absolute atomic E-state index is 11.7. The van der Waals surface area contributed by atoms with Gasteiger partial charge < -0.3 is 10.5 Å². The first-order valence-electron chi connectivity index (χ1n) is 5.71. The van der Waals surface area contributed by atoms with Crippen LogP contribution in [0.3, 0.4) is 0 Å². The van der Waals surface area contributed by atoms with E-state index in [-0.39, 0.29) is 0 Å². The van der Waals surface area contributed by atoms with Crippen molar-refractivity contribution in [3.8, 4) is 5.75 Å². The lowest BCUT2D eigenvalue weighted by Crippen LogP contribution is -2.08. The number of nitrogen functional groups attached to an aromatic ring is 1. The molecule has 1 heterocycles. The van der Waals surface area contributed by atoms with Gasteiger partial charge in [0.05, 0.1) is 11.8 Å². The number of aromatic amines is 1. The fourth-order valence-electron chi connectivity index (χ4n) is 1.88. The second-order valence-corrected chi connectivity index (χ2v) is 4.04. The van der Waals surface area contributed by atoms with Gasteiger partial charge in [0.15, 0.2) is 0 Å². The number of benzene rings is 1. The second-order valence-electron chi connectivity index (χ2n) is 4.04. The fraction of sp³-hybridized carbons (Fsp3) is 0.231. The largest absolute Gasteiger partial charge is 0.423 e. The average Bonchev–Trinajstić information content (AvgIpc) is 2.81. The molecule has 18 heavy (non-hydrogen) atoms. The van der Waals surface area contributed by atoms with E-state index in [0.717, 1.165) is 17.5 Å². The molecule has 2 aromatic rings. The smallest absolute Gasteiger partial charge is 0.346 e. The minimum Gasteiger partial charge on any atom is -0.423 e.